The summed E-state index contributed by atoms with van der Waals surface area (Å²) in [5.41, 5.74) is 2.92. The first-order chi connectivity index (χ1) is 20.9. The van der Waals surface area contributed by atoms with Crippen LogP contribution >= 0.6 is 11.6 Å². The van der Waals surface area contributed by atoms with E-state index in [2.05, 4.69) is 52.8 Å². The molecule has 1 aromatic heterocycles. The lowest BCUT2D eigenvalue weighted by molar-refractivity contribution is -0.130. The Morgan fingerprint density at radius 2 is 1.84 bits per heavy atom. The molecule has 5 heterocycles. The van der Waals surface area contributed by atoms with Crippen LogP contribution in [0.2, 0.25) is 5.02 Å². The Bertz CT molecular complexity index is 1780. The van der Waals surface area contributed by atoms with E-state index in [9.17, 15) is 9.18 Å². The van der Waals surface area contributed by atoms with Crippen molar-refractivity contribution in [3.8, 4) is 17.1 Å². The number of amides is 1. The van der Waals surface area contributed by atoms with Gasteiger partial charge in [0, 0.05) is 28.9 Å². The maximum Gasteiger partial charge on any atom is 0.319 e. The maximum absolute atomic E-state index is 13.7. The first kappa shape index (κ1) is 26.8. The average Bonchev–Trinajstić information content (AvgIpc) is 3.68. The number of hydrogen-bond donors (Lipinski definition) is 0. The molecule has 1 unspecified atom stereocenters. The van der Waals surface area contributed by atoms with E-state index in [0.29, 0.717) is 30.7 Å². The lowest BCUT2D eigenvalue weighted by Crippen LogP contribution is -2.63. The quantitative estimate of drug-likeness (QED) is 0.240. The third kappa shape index (κ3) is 4.29. The number of halogens is 2. The fourth-order valence-corrected chi connectivity index (χ4v) is 8.29. The van der Waals surface area contributed by atoms with Crippen molar-refractivity contribution in [1.29, 1.82) is 0 Å². The summed E-state index contributed by atoms with van der Waals surface area (Å²) in [5.74, 6) is -0.723. The number of aromatic nitrogens is 2. The van der Waals surface area contributed by atoms with Crippen molar-refractivity contribution < 1.29 is 13.9 Å². The number of ether oxygens (including phenoxy) is 1. The van der Waals surface area contributed by atoms with Gasteiger partial charge in [-0.15, -0.1) is 0 Å². The number of benzene rings is 3. The Morgan fingerprint density at radius 1 is 1.05 bits per heavy atom. The molecule has 0 radical (unpaired) electrons. The highest BCUT2D eigenvalue weighted by molar-refractivity contribution is 6.36. The summed E-state index contributed by atoms with van der Waals surface area (Å²) < 4.78 is 20.2. The van der Waals surface area contributed by atoms with Gasteiger partial charge in [-0.05, 0) is 79.9 Å². The van der Waals surface area contributed by atoms with Crippen molar-refractivity contribution in [3.05, 3.63) is 72.0 Å². The minimum absolute atomic E-state index is 0.0593. The van der Waals surface area contributed by atoms with Crippen LogP contribution < -0.4 is 9.64 Å². The third-order valence-electron chi connectivity index (χ3n) is 10.2. The van der Waals surface area contributed by atoms with Crippen LogP contribution in [0, 0.1) is 0 Å². The van der Waals surface area contributed by atoms with Crippen LogP contribution in [0.4, 0.5) is 10.2 Å². The van der Waals surface area contributed by atoms with Crippen molar-refractivity contribution in [3.63, 3.8) is 0 Å². The molecule has 0 saturated carbocycles. The van der Waals surface area contributed by atoms with Crippen molar-refractivity contribution in [2.75, 3.05) is 37.7 Å². The van der Waals surface area contributed by atoms with E-state index in [-0.39, 0.29) is 17.6 Å². The Hall–Kier alpha value is -3.75. The van der Waals surface area contributed by atoms with Gasteiger partial charge in [-0.1, -0.05) is 54.6 Å². The van der Waals surface area contributed by atoms with Gasteiger partial charge in [0.2, 0.25) is 0 Å². The van der Waals surface area contributed by atoms with Crippen LogP contribution in [-0.2, 0) is 4.79 Å². The van der Waals surface area contributed by atoms with E-state index in [1.54, 1.807) is 4.90 Å². The highest BCUT2D eigenvalue weighted by Gasteiger charge is 2.50. The molecule has 4 aromatic rings. The molecule has 0 bridgehead atoms. The molecule has 2 atom stereocenters. The Morgan fingerprint density at radius 3 is 2.63 bits per heavy atom. The highest BCUT2D eigenvalue weighted by atomic mass is 35.5. The van der Waals surface area contributed by atoms with Gasteiger partial charge >= 0.3 is 6.01 Å². The summed E-state index contributed by atoms with van der Waals surface area (Å²) in [6, 6.07) is 18.8. The zero-order chi connectivity index (χ0) is 29.3. The summed E-state index contributed by atoms with van der Waals surface area (Å²) in [4.78, 5) is 28.7. The van der Waals surface area contributed by atoms with Crippen LogP contribution in [0.1, 0.15) is 32.1 Å². The fraction of sp³-hybridized carbons (Fsp3) is 0.382. The zero-order valence-corrected chi connectivity index (χ0v) is 24.7. The van der Waals surface area contributed by atoms with Gasteiger partial charge in [-0.25, -0.2) is 4.39 Å². The van der Waals surface area contributed by atoms with E-state index in [0.717, 1.165) is 71.0 Å². The van der Waals surface area contributed by atoms with Crippen molar-refractivity contribution >= 4 is 45.0 Å². The number of hydrogen-bond acceptors (Lipinski definition) is 6. The van der Waals surface area contributed by atoms with Crippen molar-refractivity contribution in [2.24, 2.45) is 0 Å². The molecular formula is C34H33ClFN5O2. The van der Waals surface area contributed by atoms with Crippen LogP contribution in [0.15, 0.2) is 67.0 Å². The third-order valence-corrected chi connectivity index (χ3v) is 10.5. The Balaban J connectivity index is 1.19. The minimum atomic E-state index is -0.907. The van der Waals surface area contributed by atoms with Gasteiger partial charge in [0.1, 0.15) is 12.4 Å². The largest absolute Gasteiger partial charge is 0.461 e. The maximum atomic E-state index is 13.7. The van der Waals surface area contributed by atoms with Gasteiger partial charge in [-0.3, -0.25) is 9.69 Å². The van der Waals surface area contributed by atoms with E-state index in [4.69, 9.17) is 26.3 Å². The van der Waals surface area contributed by atoms with E-state index in [1.165, 1.54) is 12.8 Å². The standard InChI is InChI=1S/C34H33ClFN5O2/c1-21(36)32(42)40-17-12-28-29(40)19-41(28)31-25-11-10-23(24-8-2-6-22-7-3-9-26(35)30(22)24)18-27(25)37-33(38-31)43-20-34-13-4-15-39(34)16-5-14-34/h2-3,6-11,18,28-29H,1,4-5,12-17,19-20H2/t28-,29?/m1/s1. The molecule has 4 aliphatic heterocycles. The van der Waals surface area contributed by atoms with E-state index >= 15 is 0 Å². The van der Waals surface area contributed by atoms with Crippen molar-refractivity contribution in [1.82, 2.24) is 19.8 Å². The summed E-state index contributed by atoms with van der Waals surface area (Å²) in [5, 5.41) is 3.72. The number of likely N-dealkylation sites (tertiary alicyclic amines) is 1. The molecule has 43 heavy (non-hydrogen) atoms. The molecule has 7 nitrogen and oxygen atoms in total. The topological polar surface area (TPSA) is 61.8 Å². The summed E-state index contributed by atoms with van der Waals surface area (Å²) >= 11 is 6.69. The number of carbonyl (C=O) groups excluding carboxylic acids is 1. The summed E-state index contributed by atoms with van der Waals surface area (Å²) in [6.45, 7) is 7.13. The van der Waals surface area contributed by atoms with E-state index in [1.807, 2.05) is 18.2 Å². The molecule has 1 amide bonds. The van der Waals surface area contributed by atoms with Gasteiger partial charge in [0.25, 0.3) is 5.91 Å². The highest BCUT2D eigenvalue weighted by Crippen LogP contribution is 2.42. The minimum Gasteiger partial charge on any atom is -0.461 e. The van der Waals surface area contributed by atoms with Crippen LogP contribution in [-0.4, -0.2) is 76.1 Å². The lowest BCUT2D eigenvalue weighted by atomic mass is 9.95. The zero-order valence-electron chi connectivity index (χ0n) is 23.9. The number of carbonyl (C=O) groups is 1. The molecule has 0 N–H and O–H groups in total. The van der Waals surface area contributed by atoms with Gasteiger partial charge in [0.05, 0.1) is 23.1 Å². The monoisotopic (exact) mass is 597 g/mol. The number of fused-ring (bicyclic) bond motifs is 4. The van der Waals surface area contributed by atoms with Gasteiger partial charge < -0.3 is 14.5 Å². The normalized spacial score (nSPS) is 22.6. The predicted octanol–water partition coefficient (Wildman–Crippen LogP) is 6.38. The molecule has 4 saturated heterocycles. The van der Waals surface area contributed by atoms with Crippen LogP contribution in [0.25, 0.3) is 32.8 Å². The first-order valence-corrected chi connectivity index (χ1v) is 15.6. The molecule has 8 rings (SSSR count). The Labute approximate surface area is 254 Å². The van der Waals surface area contributed by atoms with Crippen molar-refractivity contribution in [2.45, 2.75) is 49.7 Å². The van der Waals surface area contributed by atoms with Crippen LogP contribution in [0.5, 0.6) is 6.01 Å². The summed E-state index contributed by atoms with van der Waals surface area (Å²) in [7, 11) is 0. The second-order valence-corrected chi connectivity index (χ2v) is 12.8. The molecule has 9 heteroatoms. The molecule has 0 aliphatic carbocycles. The average molecular weight is 598 g/mol. The number of rotatable bonds is 6. The molecule has 220 valence electrons. The van der Waals surface area contributed by atoms with E-state index < -0.39 is 11.7 Å². The number of anilines is 1. The molecule has 3 aromatic carbocycles. The SMILES string of the molecule is C=C(F)C(=O)N1CC[C@@H]2C1CN2c1nc(OCC23CCCN2CCC3)nc2cc(-c3cccc4cccc(Cl)c34)ccc12. The second kappa shape index (κ2) is 10.2. The van der Waals surface area contributed by atoms with Gasteiger partial charge in [-0.2, -0.15) is 9.97 Å². The smallest absolute Gasteiger partial charge is 0.319 e. The second-order valence-electron chi connectivity index (χ2n) is 12.4. The molecule has 4 aliphatic rings. The fourth-order valence-electron chi connectivity index (χ4n) is 8.01. The first-order valence-electron chi connectivity index (χ1n) is 15.2. The molecule has 0 spiro atoms. The Kier molecular flexibility index (Phi) is 6.35. The summed E-state index contributed by atoms with van der Waals surface area (Å²) in [6.07, 6.45) is 5.41. The van der Waals surface area contributed by atoms with Gasteiger partial charge in [0.15, 0.2) is 5.83 Å². The van der Waals surface area contributed by atoms with Crippen LogP contribution in [0.3, 0.4) is 0 Å². The number of nitrogens with zero attached hydrogens (tertiary/aromatic N) is 5. The molecule has 4 fully saturated rings. The lowest BCUT2D eigenvalue weighted by Gasteiger charge is -2.47. The predicted molar refractivity (Wildman–Crippen MR) is 167 cm³/mol. The molecular weight excluding hydrogens is 565 g/mol.